The van der Waals surface area contributed by atoms with Gasteiger partial charge in [0.05, 0.1) is 5.75 Å². The quantitative estimate of drug-likeness (QED) is 0.655. The van der Waals surface area contributed by atoms with Crippen molar-refractivity contribution < 1.29 is 13.2 Å². The smallest absolute Gasteiger partial charge is 0.213 e. The fraction of sp³-hybridized carbons (Fsp3) is 1.00. The fourth-order valence-electron chi connectivity index (χ4n) is 2.36. The maximum absolute atomic E-state index is 12.2. The molecule has 1 fully saturated rings. The molecule has 1 aliphatic rings. The van der Waals surface area contributed by atoms with Crippen LogP contribution in [0.15, 0.2) is 0 Å². The van der Waals surface area contributed by atoms with Crippen molar-refractivity contribution in [1.82, 2.24) is 9.62 Å². The van der Waals surface area contributed by atoms with Gasteiger partial charge in [0, 0.05) is 32.8 Å². The summed E-state index contributed by atoms with van der Waals surface area (Å²) in [7, 11) is -1.39. The molecule has 0 amide bonds. The molecule has 0 aliphatic carbocycles. The molecule has 6 heteroatoms. The van der Waals surface area contributed by atoms with Gasteiger partial charge in [-0.3, -0.25) is 0 Å². The number of hydrogen-bond acceptors (Lipinski definition) is 4. The molecule has 120 valence electrons. The van der Waals surface area contributed by atoms with Crippen molar-refractivity contribution in [2.24, 2.45) is 5.92 Å². The van der Waals surface area contributed by atoms with Crippen molar-refractivity contribution in [2.45, 2.75) is 45.6 Å². The van der Waals surface area contributed by atoms with Crippen LogP contribution in [0.4, 0.5) is 0 Å². The van der Waals surface area contributed by atoms with Gasteiger partial charge in [0.25, 0.3) is 0 Å². The predicted octanol–water partition coefficient (Wildman–Crippen LogP) is 1.45. The summed E-state index contributed by atoms with van der Waals surface area (Å²) in [5, 5.41) is 3.30. The molecule has 1 N–H and O–H groups in total. The van der Waals surface area contributed by atoms with Gasteiger partial charge in [-0.25, -0.2) is 12.7 Å². The van der Waals surface area contributed by atoms with Crippen LogP contribution in [0.1, 0.15) is 39.5 Å². The van der Waals surface area contributed by atoms with Gasteiger partial charge < -0.3 is 10.1 Å². The molecule has 0 spiro atoms. The number of unbranched alkanes of at least 4 members (excludes halogenated alkanes) is 1. The molecule has 0 aromatic rings. The molecule has 5 nitrogen and oxygen atoms in total. The standard InChI is InChI=1S/C14H30N2O3S/c1-13(2)15-8-4-5-11-20(17,18)16(3)12-14-6-9-19-10-7-14/h13-15H,4-12H2,1-3H3. The number of sulfonamides is 1. The average molecular weight is 306 g/mol. The molecule has 0 saturated carbocycles. The van der Waals surface area contributed by atoms with E-state index in [-0.39, 0.29) is 5.75 Å². The third kappa shape index (κ3) is 7.02. The van der Waals surface area contributed by atoms with Crippen LogP contribution in [0.25, 0.3) is 0 Å². The predicted molar refractivity (Wildman–Crippen MR) is 82.3 cm³/mol. The lowest BCUT2D eigenvalue weighted by molar-refractivity contribution is 0.0620. The van der Waals surface area contributed by atoms with Crippen molar-refractivity contribution in [2.75, 3.05) is 39.1 Å². The van der Waals surface area contributed by atoms with Crippen molar-refractivity contribution in [3.63, 3.8) is 0 Å². The maximum atomic E-state index is 12.2. The van der Waals surface area contributed by atoms with Crippen LogP contribution >= 0.6 is 0 Å². The highest BCUT2D eigenvalue weighted by Gasteiger charge is 2.22. The molecule has 1 rings (SSSR count). The molecule has 1 heterocycles. The van der Waals surface area contributed by atoms with Crippen LogP contribution < -0.4 is 5.32 Å². The van der Waals surface area contributed by atoms with Crippen LogP contribution in [0.2, 0.25) is 0 Å². The van der Waals surface area contributed by atoms with Gasteiger partial charge in [-0.15, -0.1) is 0 Å². The van der Waals surface area contributed by atoms with Crippen LogP contribution in [0.3, 0.4) is 0 Å². The molecule has 0 aromatic carbocycles. The van der Waals surface area contributed by atoms with E-state index in [1.165, 1.54) is 0 Å². The Hall–Kier alpha value is -0.170. The van der Waals surface area contributed by atoms with Crippen LogP contribution in [0, 0.1) is 5.92 Å². The van der Waals surface area contributed by atoms with E-state index in [0.29, 0.717) is 18.5 Å². The lowest BCUT2D eigenvalue weighted by Crippen LogP contribution is -2.35. The molecule has 0 atom stereocenters. The Morgan fingerprint density at radius 1 is 1.25 bits per heavy atom. The highest BCUT2D eigenvalue weighted by Crippen LogP contribution is 2.17. The minimum absolute atomic E-state index is 0.256. The summed E-state index contributed by atoms with van der Waals surface area (Å²) in [4.78, 5) is 0. The summed E-state index contributed by atoms with van der Waals surface area (Å²) in [6, 6.07) is 0.461. The number of rotatable bonds is 9. The van der Waals surface area contributed by atoms with E-state index in [1.807, 2.05) is 0 Å². The van der Waals surface area contributed by atoms with Crippen molar-refractivity contribution in [3.05, 3.63) is 0 Å². The minimum atomic E-state index is -3.10. The number of nitrogens with one attached hydrogen (secondary N) is 1. The van der Waals surface area contributed by atoms with E-state index in [9.17, 15) is 8.42 Å². The first-order valence-electron chi connectivity index (χ1n) is 7.67. The summed E-state index contributed by atoms with van der Waals surface area (Å²) in [5.74, 6) is 0.707. The minimum Gasteiger partial charge on any atom is -0.381 e. The molecule has 0 aromatic heterocycles. The SMILES string of the molecule is CC(C)NCCCCS(=O)(=O)N(C)CC1CCOCC1. The first kappa shape index (κ1) is 17.9. The van der Waals surface area contributed by atoms with Gasteiger partial charge in [-0.1, -0.05) is 13.8 Å². The molecule has 0 unspecified atom stereocenters. The van der Waals surface area contributed by atoms with Crippen LogP contribution in [-0.2, 0) is 14.8 Å². The zero-order chi connectivity index (χ0) is 15.0. The third-order valence-electron chi connectivity index (χ3n) is 3.71. The Bertz CT molecular complexity index is 351. The van der Waals surface area contributed by atoms with Gasteiger partial charge in [0.2, 0.25) is 10.0 Å². The van der Waals surface area contributed by atoms with Gasteiger partial charge in [-0.05, 0) is 38.1 Å². The van der Waals surface area contributed by atoms with Crippen LogP contribution in [-0.4, -0.2) is 57.9 Å². The Morgan fingerprint density at radius 3 is 2.50 bits per heavy atom. The molecule has 1 saturated heterocycles. The normalized spacial score (nSPS) is 18.1. The molecular formula is C14H30N2O3S. The van der Waals surface area contributed by atoms with Gasteiger partial charge in [0.1, 0.15) is 0 Å². The summed E-state index contributed by atoms with van der Waals surface area (Å²) >= 11 is 0. The number of hydrogen-bond donors (Lipinski definition) is 1. The zero-order valence-corrected chi connectivity index (χ0v) is 13.9. The van der Waals surface area contributed by atoms with Gasteiger partial charge >= 0.3 is 0 Å². The van der Waals surface area contributed by atoms with Crippen LogP contribution in [0.5, 0.6) is 0 Å². The van der Waals surface area contributed by atoms with Crippen molar-refractivity contribution in [3.8, 4) is 0 Å². The first-order chi connectivity index (χ1) is 9.42. The van der Waals surface area contributed by atoms with Crippen molar-refractivity contribution >= 4 is 10.0 Å². The second-order valence-electron chi connectivity index (χ2n) is 5.97. The fourth-order valence-corrected chi connectivity index (χ4v) is 3.68. The van der Waals surface area contributed by atoms with Gasteiger partial charge in [0.15, 0.2) is 0 Å². The molecular weight excluding hydrogens is 276 g/mol. The summed E-state index contributed by atoms with van der Waals surface area (Å²) < 4.78 is 31.2. The van der Waals surface area contributed by atoms with E-state index in [0.717, 1.165) is 45.4 Å². The maximum Gasteiger partial charge on any atom is 0.213 e. The van der Waals surface area contributed by atoms with E-state index in [1.54, 1.807) is 11.4 Å². The third-order valence-corrected chi connectivity index (χ3v) is 5.62. The molecule has 0 radical (unpaired) electrons. The Morgan fingerprint density at radius 2 is 1.90 bits per heavy atom. The van der Waals surface area contributed by atoms with E-state index >= 15 is 0 Å². The van der Waals surface area contributed by atoms with E-state index in [2.05, 4.69) is 19.2 Å². The number of nitrogens with zero attached hydrogens (tertiary/aromatic N) is 1. The highest BCUT2D eigenvalue weighted by molar-refractivity contribution is 7.89. The Kier molecular flexibility index (Phi) is 8.02. The first-order valence-corrected chi connectivity index (χ1v) is 9.28. The molecule has 0 bridgehead atoms. The van der Waals surface area contributed by atoms with E-state index in [4.69, 9.17) is 4.74 Å². The van der Waals surface area contributed by atoms with Crippen molar-refractivity contribution in [1.29, 1.82) is 0 Å². The largest absolute Gasteiger partial charge is 0.381 e. The molecule has 20 heavy (non-hydrogen) atoms. The Labute approximate surface area is 124 Å². The summed E-state index contributed by atoms with van der Waals surface area (Å²) in [6.45, 7) is 7.24. The summed E-state index contributed by atoms with van der Waals surface area (Å²) in [5.41, 5.74) is 0. The van der Waals surface area contributed by atoms with Gasteiger partial charge in [-0.2, -0.15) is 0 Å². The molecule has 1 aliphatic heterocycles. The number of ether oxygens (including phenoxy) is 1. The monoisotopic (exact) mass is 306 g/mol. The second kappa shape index (κ2) is 8.97. The second-order valence-corrected chi connectivity index (χ2v) is 8.16. The lowest BCUT2D eigenvalue weighted by atomic mass is 10.0. The average Bonchev–Trinajstić information content (AvgIpc) is 2.39. The Balaban J connectivity index is 2.24. The highest BCUT2D eigenvalue weighted by atomic mass is 32.2. The zero-order valence-electron chi connectivity index (χ0n) is 13.1. The topological polar surface area (TPSA) is 58.6 Å². The summed E-state index contributed by atoms with van der Waals surface area (Å²) in [6.07, 6.45) is 3.57. The lowest BCUT2D eigenvalue weighted by Gasteiger charge is -2.26. The van der Waals surface area contributed by atoms with E-state index < -0.39 is 10.0 Å².